The molecule has 0 atom stereocenters. The Bertz CT molecular complexity index is 1210. The smallest absolute Gasteiger partial charge is 0.261 e. The highest BCUT2D eigenvalue weighted by Gasteiger charge is 2.35. The summed E-state index contributed by atoms with van der Waals surface area (Å²) in [5.74, 6) is -1.92. The molecular formula is C19H16N4O6S2. The lowest BCUT2D eigenvalue weighted by molar-refractivity contribution is -0.119. The van der Waals surface area contributed by atoms with Crippen LogP contribution in [0.5, 0.6) is 0 Å². The summed E-state index contributed by atoms with van der Waals surface area (Å²) in [5, 5.41) is 11.4. The van der Waals surface area contributed by atoms with Crippen molar-refractivity contribution < 1.29 is 27.2 Å². The fraction of sp³-hybridized carbons (Fsp3) is 0.211. The van der Waals surface area contributed by atoms with Gasteiger partial charge < -0.3 is 4.42 Å². The van der Waals surface area contributed by atoms with E-state index >= 15 is 0 Å². The van der Waals surface area contributed by atoms with Gasteiger partial charge in [-0.25, -0.2) is 8.42 Å². The molecule has 0 unspecified atom stereocenters. The number of aromatic nitrogens is 2. The normalized spacial score (nSPS) is 13.5. The minimum absolute atomic E-state index is 0.0664. The maximum atomic E-state index is 12.3. The molecule has 1 N–H and O–H groups in total. The van der Waals surface area contributed by atoms with Crippen molar-refractivity contribution in [2.24, 2.45) is 0 Å². The second-order valence-electron chi connectivity index (χ2n) is 6.66. The van der Waals surface area contributed by atoms with Gasteiger partial charge in [-0.15, -0.1) is 10.2 Å². The van der Waals surface area contributed by atoms with Crippen molar-refractivity contribution in [3.8, 4) is 11.5 Å². The molecule has 3 aromatic rings. The molecular weight excluding hydrogens is 444 g/mol. The van der Waals surface area contributed by atoms with Crippen LogP contribution in [-0.4, -0.2) is 53.5 Å². The first-order valence-corrected chi connectivity index (χ1v) is 11.8. The Balaban J connectivity index is 1.28. The van der Waals surface area contributed by atoms with Gasteiger partial charge in [-0.2, -0.15) is 11.3 Å². The van der Waals surface area contributed by atoms with Crippen LogP contribution >= 0.6 is 11.3 Å². The van der Waals surface area contributed by atoms with Crippen LogP contribution in [0, 0.1) is 0 Å². The van der Waals surface area contributed by atoms with Gasteiger partial charge in [0, 0.05) is 30.3 Å². The highest BCUT2D eigenvalue weighted by molar-refractivity contribution is 7.90. The number of benzene rings is 1. The van der Waals surface area contributed by atoms with Gasteiger partial charge in [0.2, 0.25) is 27.7 Å². The Morgan fingerprint density at radius 1 is 1.10 bits per heavy atom. The third kappa shape index (κ3) is 4.54. The van der Waals surface area contributed by atoms with Crippen molar-refractivity contribution in [1.82, 2.24) is 19.8 Å². The first-order valence-electron chi connectivity index (χ1n) is 9.17. The number of carbonyl (C=O) groups excluding carboxylic acids is 3. The van der Waals surface area contributed by atoms with Gasteiger partial charge in [-0.1, -0.05) is 12.1 Å². The summed E-state index contributed by atoms with van der Waals surface area (Å²) in [5.41, 5.74) is 1.23. The van der Waals surface area contributed by atoms with Crippen molar-refractivity contribution in [3.63, 3.8) is 0 Å². The number of thiophene rings is 1. The summed E-state index contributed by atoms with van der Waals surface area (Å²) >= 11 is 1.47. The monoisotopic (exact) mass is 460 g/mol. The van der Waals surface area contributed by atoms with E-state index < -0.39 is 33.5 Å². The molecule has 1 aliphatic heterocycles. The molecule has 10 nitrogen and oxygen atoms in total. The van der Waals surface area contributed by atoms with Crippen molar-refractivity contribution in [3.05, 3.63) is 58.1 Å². The Morgan fingerprint density at radius 3 is 2.45 bits per heavy atom. The SMILES string of the molecule is O=C(CCc1nnc(-c2ccsc2)o1)NS(=O)(=O)CCN1C(=O)c2ccccc2C1=O. The van der Waals surface area contributed by atoms with Gasteiger partial charge in [-0.3, -0.25) is 24.0 Å². The van der Waals surface area contributed by atoms with Gasteiger partial charge in [0.15, 0.2) is 0 Å². The number of hydrogen-bond acceptors (Lipinski definition) is 9. The molecule has 0 radical (unpaired) electrons. The van der Waals surface area contributed by atoms with E-state index in [-0.39, 0.29) is 36.4 Å². The number of carbonyl (C=O) groups is 3. The Kier molecular flexibility index (Phi) is 5.65. The number of aryl methyl sites for hydroxylation is 1. The first-order chi connectivity index (χ1) is 14.8. The van der Waals surface area contributed by atoms with Crippen LogP contribution in [-0.2, 0) is 21.2 Å². The fourth-order valence-corrected chi connectivity index (χ4v) is 4.61. The van der Waals surface area contributed by atoms with Crippen LogP contribution in [0.25, 0.3) is 11.5 Å². The summed E-state index contributed by atoms with van der Waals surface area (Å²) in [4.78, 5) is 37.5. The Hall–Kier alpha value is -3.38. The van der Waals surface area contributed by atoms with Gasteiger partial charge in [-0.05, 0) is 23.6 Å². The lowest BCUT2D eigenvalue weighted by Crippen LogP contribution is -2.39. The van der Waals surface area contributed by atoms with Crippen molar-refractivity contribution >= 4 is 39.1 Å². The lowest BCUT2D eigenvalue weighted by atomic mass is 10.1. The second-order valence-corrected chi connectivity index (χ2v) is 9.29. The zero-order valence-electron chi connectivity index (χ0n) is 16.0. The second kappa shape index (κ2) is 8.40. The number of nitrogens with one attached hydrogen (secondary N) is 1. The molecule has 1 aromatic carbocycles. The maximum Gasteiger partial charge on any atom is 0.261 e. The zero-order chi connectivity index (χ0) is 22.0. The van der Waals surface area contributed by atoms with E-state index in [1.165, 1.54) is 23.5 Å². The number of imide groups is 1. The predicted octanol–water partition coefficient (Wildman–Crippen LogP) is 1.47. The van der Waals surface area contributed by atoms with Gasteiger partial charge in [0.1, 0.15) is 0 Å². The molecule has 0 bridgehead atoms. The molecule has 0 spiro atoms. The molecule has 31 heavy (non-hydrogen) atoms. The zero-order valence-corrected chi connectivity index (χ0v) is 17.6. The average molecular weight is 460 g/mol. The van der Waals surface area contributed by atoms with Gasteiger partial charge in [0.05, 0.1) is 16.9 Å². The summed E-state index contributed by atoms with van der Waals surface area (Å²) in [7, 11) is -4.05. The van der Waals surface area contributed by atoms with Crippen LogP contribution in [0.1, 0.15) is 33.0 Å². The molecule has 160 valence electrons. The lowest BCUT2D eigenvalue weighted by Gasteiger charge is -2.14. The minimum atomic E-state index is -4.05. The molecule has 0 fully saturated rings. The topological polar surface area (TPSA) is 140 Å². The summed E-state index contributed by atoms with van der Waals surface area (Å²) in [6.07, 6.45) is -0.117. The van der Waals surface area contributed by atoms with E-state index in [2.05, 4.69) is 10.2 Å². The molecule has 0 saturated carbocycles. The molecule has 2 aromatic heterocycles. The van der Waals surface area contributed by atoms with Crippen LogP contribution in [0.2, 0.25) is 0 Å². The first kappa shape index (κ1) is 20.9. The number of nitrogens with zero attached hydrogens (tertiary/aromatic N) is 3. The largest absolute Gasteiger partial charge is 0.421 e. The quantitative estimate of drug-likeness (QED) is 0.499. The van der Waals surface area contributed by atoms with Crippen molar-refractivity contribution in [2.45, 2.75) is 12.8 Å². The van der Waals surface area contributed by atoms with Crippen LogP contribution in [0.3, 0.4) is 0 Å². The summed E-state index contributed by atoms with van der Waals surface area (Å²) < 4.78 is 31.8. The number of sulfonamides is 1. The molecule has 0 aliphatic carbocycles. The summed E-state index contributed by atoms with van der Waals surface area (Å²) in [6.45, 7) is -0.359. The molecule has 12 heteroatoms. The molecule has 3 amide bonds. The number of rotatable bonds is 8. The third-order valence-electron chi connectivity index (χ3n) is 4.53. The van der Waals surface area contributed by atoms with Crippen molar-refractivity contribution in [2.75, 3.05) is 12.3 Å². The fourth-order valence-electron chi connectivity index (χ4n) is 3.01. The molecule has 3 heterocycles. The van der Waals surface area contributed by atoms with Crippen LogP contribution < -0.4 is 4.72 Å². The van der Waals surface area contributed by atoms with E-state index in [1.54, 1.807) is 12.1 Å². The summed E-state index contributed by atoms with van der Waals surface area (Å²) in [6, 6.07) is 8.07. The number of amides is 3. The number of hydrogen-bond donors (Lipinski definition) is 1. The molecule has 4 rings (SSSR count). The number of fused-ring (bicyclic) bond motifs is 1. The van der Waals surface area contributed by atoms with E-state index in [1.807, 2.05) is 21.5 Å². The highest BCUT2D eigenvalue weighted by atomic mass is 32.2. The van der Waals surface area contributed by atoms with Crippen LogP contribution in [0.4, 0.5) is 0 Å². The standard InChI is InChI=1S/C19H16N4O6S2/c24-15(5-6-16-20-21-17(29-16)12-7-9-30-11-12)22-31(27,28)10-8-23-18(25)13-3-1-2-4-14(13)19(23)26/h1-4,7,9,11H,5-6,8,10H2,(H,22,24). The molecule has 0 saturated heterocycles. The van der Waals surface area contributed by atoms with E-state index in [0.29, 0.717) is 5.89 Å². The average Bonchev–Trinajstić information content (AvgIpc) is 3.47. The van der Waals surface area contributed by atoms with E-state index in [0.717, 1.165) is 10.5 Å². The van der Waals surface area contributed by atoms with E-state index in [9.17, 15) is 22.8 Å². The van der Waals surface area contributed by atoms with E-state index in [4.69, 9.17) is 4.42 Å². The maximum absolute atomic E-state index is 12.3. The predicted molar refractivity (Wildman–Crippen MR) is 110 cm³/mol. The highest BCUT2D eigenvalue weighted by Crippen LogP contribution is 2.22. The van der Waals surface area contributed by atoms with Gasteiger partial charge in [0.25, 0.3) is 11.8 Å². The van der Waals surface area contributed by atoms with Crippen molar-refractivity contribution in [1.29, 1.82) is 0 Å². The van der Waals surface area contributed by atoms with Crippen LogP contribution in [0.15, 0.2) is 45.5 Å². The Morgan fingerprint density at radius 2 is 1.81 bits per heavy atom. The Labute approximate surface area is 180 Å². The third-order valence-corrected chi connectivity index (χ3v) is 6.47. The minimum Gasteiger partial charge on any atom is -0.421 e. The molecule has 1 aliphatic rings. The van der Waals surface area contributed by atoms with Gasteiger partial charge >= 0.3 is 0 Å².